The van der Waals surface area contributed by atoms with Gasteiger partial charge in [0, 0.05) is 16.4 Å². The molecule has 0 spiro atoms. The minimum atomic E-state index is -0.419. The Kier molecular flexibility index (Phi) is 8.48. The number of hydrogen-bond acceptors (Lipinski definition) is 4. The van der Waals surface area contributed by atoms with Crippen LogP contribution in [0.15, 0.2) is 36.4 Å². The van der Waals surface area contributed by atoms with E-state index < -0.39 is 6.04 Å². The highest BCUT2D eigenvalue weighted by atomic mass is 35.5. The maximum absolute atomic E-state index is 6.54. The molecule has 0 aliphatic heterocycles. The van der Waals surface area contributed by atoms with Gasteiger partial charge in [0.05, 0.1) is 17.8 Å². The standard InChI is InChI=1S/C27H29ClN2OS.ClH/c1-16-5-9-20(10-6-16)21(14-19-7-8-19)11-12-24(29)27-30-26(18(3)32-27)22-13-17(2)25(31-4)15-23(22)28;/h5-6,9-10,13,15,19,21,24H,7-8,14,29H2,1-4H3;1H/t21-,24?;/m0./s1. The van der Waals surface area contributed by atoms with Gasteiger partial charge in [0.2, 0.25) is 0 Å². The number of methoxy groups -OCH3 is 1. The average Bonchev–Trinajstić information content (AvgIpc) is 3.52. The SMILES string of the molecule is COc1cc(Cl)c(-c2nc(C(N)C#C[C@@H](CC3CC3)c3ccc(C)cc3)sc2C)cc1C.Cl. The molecule has 1 heterocycles. The molecule has 1 aliphatic rings. The van der Waals surface area contributed by atoms with Crippen molar-refractivity contribution >= 4 is 35.3 Å². The molecule has 1 saturated carbocycles. The zero-order valence-corrected chi connectivity index (χ0v) is 21.8. The number of thiazole rings is 1. The molecule has 4 rings (SSSR count). The summed E-state index contributed by atoms with van der Waals surface area (Å²) in [6.07, 6.45) is 3.73. The van der Waals surface area contributed by atoms with Gasteiger partial charge in [-0.1, -0.05) is 66.1 Å². The lowest BCUT2D eigenvalue weighted by atomic mass is 9.93. The van der Waals surface area contributed by atoms with Crippen LogP contribution in [0.4, 0.5) is 0 Å². The molecule has 1 unspecified atom stereocenters. The Labute approximate surface area is 212 Å². The fourth-order valence-electron chi connectivity index (χ4n) is 3.88. The first-order valence-corrected chi connectivity index (χ1v) is 12.2. The Bertz CT molecular complexity index is 1170. The van der Waals surface area contributed by atoms with Gasteiger partial charge >= 0.3 is 0 Å². The molecule has 0 bridgehead atoms. The molecule has 6 heteroatoms. The van der Waals surface area contributed by atoms with E-state index in [2.05, 4.69) is 50.0 Å². The van der Waals surface area contributed by atoms with E-state index >= 15 is 0 Å². The molecule has 1 fully saturated rings. The average molecular weight is 502 g/mol. The van der Waals surface area contributed by atoms with Crippen LogP contribution in [0.3, 0.4) is 0 Å². The second kappa shape index (κ2) is 10.9. The third-order valence-corrected chi connectivity index (χ3v) is 7.34. The molecule has 174 valence electrons. The Morgan fingerprint density at radius 3 is 2.48 bits per heavy atom. The van der Waals surface area contributed by atoms with Crippen LogP contribution in [0, 0.1) is 38.5 Å². The van der Waals surface area contributed by atoms with Gasteiger partial charge in [0.1, 0.15) is 16.8 Å². The van der Waals surface area contributed by atoms with Crippen LogP contribution in [-0.2, 0) is 0 Å². The molecule has 2 atom stereocenters. The van der Waals surface area contributed by atoms with Crippen LogP contribution in [0.1, 0.15) is 57.8 Å². The molecule has 0 saturated heterocycles. The second-order valence-corrected chi connectivity index (χ2v) is 10.3. The Morgan fingerprint density at radius 2 is 1.85 bits per heavy atom. The summed E-state index contributed by atoms with van der Waals surface area (Å²) in [6.45, 7) is 6.17. The lowest BCUT2D eigenvalue weighted by Gasteiger charge is -2.11. The van der Waals surface area contributed by atoms with Gasteiger partial charge in [-0.2, -0.15) is 0 Å². The normalized spacial score (nSPS) is 14.6. The van der Waals surface area contributed by atoms with Crippen molar-refractivity contribution in [1.82, 2.24) is 4.98 Å². The van der Waals surface area contributed by atoms with Gasteiger partial charge in [-0.05, 0) is 56.4 Å². The van der Waals surface area contributed by atoms with E-state index in [4.69, 9.17) is 27.1 Å². The number of aromatic nitrogens is 1. The third-order valence-electron chi connectivity index (χ3n) is 5.98. The monoisotopic (exact) mass is 500 g/mol. The Balaban J connectivity index is 0.00000306. The molecule has 2 N–H and O–H groups in total. The smallest absolute Gasteiger partial charge is 0.123 e. The molecule has 0 amide bonds. The van der Waals surface area contributed by atoms with E-state index in [0.29, 0.717) is 5.02 Å². The molecule has 3 aromatic rings. The van der Waals surface area contributed by atoms with Gasteiger partial charge in [-0.3, -0.25) is 0 Å². The summed E-state index contributed by atoms with van der Waals surface area (Å²) >= 11 is 8.13. The number of rotatable bonds is 6. The summed E-state index contributed by atoms with van der Waals surface area (Å²) in [5.74, 6) is 8.56. The highest BCUT2D eigenvalue weighted by molar-refractivity contribution is 7.12. The number of benzene rings is 2. The Morgan fingerprint density at radius 1 is 1.15 bits per heavy atom. The van der Waals surface area contributed by atoms with E-state index in [0.717, 1.165) is 44.8 Å². The molecule has 1 aromatic heterocycles. The second-order valence-electron chi connectivity index (χ2n) is 8.67. The minimum Gasteiger partial charge on any atom is -0.496 e. The van der Waals surface area contributed by atoms with E-state index in [-0.39, 0.29) is 18.3 Å². The van der Waals surface area contributed by atoms with Gasteiger partial charge in [-0.15, -0.1) is 23.7 Å². The lowest BCUT2D eigenvalue weighted by Crippen LogP contribution is -2.08. The molecule has 2 aromatic carbocycles. The van der Waals surface area contributed by atoms with Gasteiger partial charge in [-0.25, -0.2) is 4.98 Å². The van der Waals surface area contributed by atoms with Crippen LogP contribution in [0.5, 0.6) is 5.75 Å². The molecule has 33 heavy (non-hydrogen) atoms. The van der Waals surface area contributed by atoms with E-state index in [9.17, 15) is 0 Å². The summed E-state index contributed by atoms with van der Waals surface area (Å²) in [5, 5.41) is 1.44. The molecule has 3 nitrogen and oxygen atoms in total. The van der Waals surface area contributed by atoms with Crippen molar-refractivity contribution in [3.8, 4) is 28.8 Å². The van der Waals surface area contributed by atoms with E-state index in [1.54, 1.807) is 18.4 Å². The van der Waals surface area contributed by atoms with Crippen molar-refractivity contribution in [2.24, 2.45) is 11.7 Å². The zero-order valence-electron chi connectivity index (χ0n) is 19.4. The molecule has 1 aliphatic carbocycles. The number of nitrogens with two attached hydrogens (primary N) is 1. The number of nitrogens with zero attached hydrogens (tertiary/aromatic N) is 1. The largest absolute Gasteiger partial charge is 0.496 e. The van der Waals surface area contributed by atoms with Crippen LogP contribution in [-0.4, -0.2) is 12.1 Å². The van der Waals surface area contributed by atoms with Crippen LogP contribution in [0.25, 0.3) is 11.3 Å². The molecular formula is C27H30Cl2N2OS. The summed E-state index contributed by atoms with van der Waals surface area (Å²) in [4.78, 5) is 5.92. The first kappa shape index (κ1) is 25.6. The van der Waals surface area contributed by atoms with Crippen molar-refractivity contribution in [3.63, 3.8) is 0 Å². The van der Waals surface area contributed by atoms with Gasteiger partial charge in [0.25, 0.3) is 0 Å². The number of aryl methyl sites for hydroxylation is 3. The van der Waals surface area contributed by atoms with Crippen molar-refractivity contribution in [1.29, 1.82) is 0 Å². The zero-order chi connectivity index (χ0) is 22.8. The van der Waals surface area contributed by atoms with E-state index in [1.165, 1.54) is 24.0 Å². The summed E-state index contributed by atoms with van der Waals surface area (Å²) < 4.78 is 5.38. The first-order chi connectivity index (χ1) is 15.4. The van der Waals surface area contributed by atoms with Crippen LogP contribution in [0.2, 0.25) is 5.02 Å². The van der Waals surface area contributed by atoms with Crippen LogP contribution < -0.4 is 10.5 Å². The fraction of sp³-hybridized carbons (Fsp3) is 0.370. The highest BCUT2D eigenvalue weighted by Gasteiger charge is 2.25. The van der Waals surface area contributed by atoms with Gasteiger partial charge in [0.15, 0.2) is 0 Å². The van der Waals surface area contributed by atoms with E-state index in [1.807, 2.05) is 19.1 Å². The Hall–Kier alpha value is -2.03. The highest BCUT2D eigenvalue weighted by Crippen LogP contribution is 2.39. The summed E-state index contributed by atoms with van der Waals surface area (Å²) in [5.41, 5.74) is 11.8. The topological polar surface area (TPSA) is 48.1 Å². The maximum atomic E-state index is 6.54. The quantitative estimate of drug-likeness (QED) is 0.358. The van der Waals surface area contributed by atoms with Crippen molar-refractivity contribution in [2.45, 2.75) is 52.0 Å². The maximum Gasteiger partial charge on any atom is 0.123 e. The predicted molar refractivity (Wildman–Crippen MR) is 142 cm³/mol. The van der Waals surface area contributed by atoms with Crippen molar-refractivity contribution in [2.75, 3.05) is 7.11 Å². The molecule has 0 radical (unpaired) electrons. The van der Waals surface area contributed by atoms with Crippen LogP contribution >= 0.6 is 35.3 Å². The van der Waals surface area contributed by atoms with Crippen molar-refractivity contribution < 1.29 is 4.74 Å². The van der Waals surface area contributed by atoms with Crippen molar-refractivity contribution in [3.05, 3.63) is 68.0 Å². The lowest BCUT2D eigenvalue weighted by molar-refractivity contribution is 0.412. The minimum absolute atomic E-state index is 0. The third kappa shape index (κ3) is 6.11. The summed E-state index contributed by atoms with van der Waals surface area (Å²) in [7, 11) is 1.65. The fourth-order valence-corrected chi connectivity index (χ4v) is 5.01. The molecular weight excluding hydrogens is 471 g/mol. The number of ether oxygens (including phenoxy) is 1. The first-order valence-electron chi connectivity index (χ1n) is 11.0. The summed E-state index contributed by atoms with van der Waals surface area (Å²) in [6, 6.07) is 12.2. The predicted octanol–water partition coefficient (Wildman–Crippen LogP) is 7.41. The number of halogens is 2. The van der Waals surface area contributed by atoms with Gasteiger partial charge < -0.3 is 10.5 Å². The number of hydrogen-bond donors (Lipinski definition) is 1.